The first-order chi connectivity index (χ1) is 10.2. The second-order valence-corrected chi connectivity index (χ2v) is 5.38. The Morgan fingerprint density at radius 1 is 1.10 bits per heavy atom. The van der Waals surface area contributed by atoms with Gasteiger partial charge >= 0.3 is 0 Å². The van der Waals surface area contributed by atoms with E-state index in [0.29, 0.717) is 0 Å². The first-order valence-electron chi connectivity index (χ1n) is 7.12. The molecule has 0 fully saturated rings. The Balaban J connectivity index is 1.76. The second kappa shape index (κ2) is 4.48. The maximum Gasteiger partial charge on any atom is 0.180 e. The number of hydrogen-bond acceptors (Lipinski definition) is 2. The third-order valence-electron chi connectivity index (χ3n) is 4.10. The highest BCUT2D eigenvalue weighted by atomic mass is 16.5. The van der Waals surface area contributed by atoms with Crippen molar-refractivity contribution in [3.8, 4) is 5.75 Å². The molecule has 4 rings (SSSR count). The van der Waals surface area contributed by atoms with Crippen molar-refractivity contribution in [2.75, 3.05) is 0 Å². The van der Waals surface area contributed by atoms with E-state index in [1.165, 1.54) is 11.1 Å². The zero-order valence-corrected chi connectivity index (χ0v) is 12.1. The largest absolute Gasteiger partial charge is 0.478 e. The van der Waals surface area contributed by atoms with Crippen LogP contribution in [0.3, 0.4) is 0 Å². The number of ether oxygens (including phenoxy) is 1. The number of aromatic nitrogens is 2. The number of hydrogen-bond donors (Lipinski definition) is 0. The van der Waals surface area contributed by atoms with Crippen molar-refractivity contribution < 1.29 is 4.74 Å². The molecule has 1 unspecified atom stereocenters. The Bertz CT molecular complexity index is 861. The first kappa shape index (κ1) is 12.2. The molecule has 3 nitrogen and oxygen atoms in total. The summed E-state index contributed by atoms with van der Waals surface area (Å²) in [7, 11) is 0. The van der Waals surface area contributed by atoms with Crippen LogP contribution in [0.15, 0.2) is 48.7 Å². The van der Waals surface area contributed by atoms with Crippen molar-refractivity contribution in [3.63, 3.8) is 0 Å². The summed E-state index contributed by atoms with van der Waals surface area (Å²) in [4.78, 5) is 4.62. The molecule has 0 saturated carbocycles. The van der Waals surface area contributed by atoms with Crippen LogP contribution < -0.4 is 4.74 Å². The number of aryl methyl sites for hydroxylation is 2. The monoisotopic (exact) mass is 276 g/mol. The lowest BCUT2D eigenvalue weighted by Crippen LogP contribution is -2.04. The zero-order valence-electron chi connectivity index (χ0n) is 12.1. The van der Waals surface area contributed by atoms with Crippen molar-refractivity contribution in [2.24, 2.45) is 0 Å². The van der Waals surface area contributed by atoms with Crippen molar-refractivity contribution >= 4 is 11.7 Å². The Hall–Kier alpha value is -2.55. The van der Waals surface area contributed by atoms with Gasteiger partial charge in [-0.25, -0.2) is 4.98 Å². The van der Waals surface area contributed by atoms with Gasteiger partial charge in [0.1, 0.15) is 6.10 Å². The van der Waals surface area contributed by atoms with Crippen molar-refractivity contribution in [1.82, 2.24) is 9.38 Å². The molecule has 1 aliphatic rings. The summed E-state index contributed by atoms with van der Waals surface area (Å²) >= 11 is 0. The normalized spacial score (nSPS) is 16.4. The molecule has 21 heavy (non-hydrogen) atoms. The predicted molar refractivity (Wildman–Crippen MR) is 83.5 cm³/mol. The van der Waals surface area contributed by atoms with Crippen LogP contribution in [0.25, 0.3) is 11.7 Å². The van der Waals surface area contributed by atoms with E-state index < -0.39 is 0 Å². The molecule has 0 N–H and O–H groups in total. The van der Waals surface area contributed by atoms with Gasteiger partial charge < -0.3 is 9.14 Å². The average Bonchev–Trinajstić information content (AvgIpc) is 3.03. The topological polar surface area (TPSA) is 26.5 Å². The number of rotatable bonds is 2. The van der Waals surface area contributed by atoms with Crippen LogP contribution in [0, 0.1) is 13.8 Å². The van der Waals surface area contributed by atoms with Gasteiger partial charge in [0.15, 0.2) is 11.4 Å². The van der Waals surface area contributed by atoms with E-state index in [9.17, 15) is 0 Å². The Labute approximate surface area is 123 Å². The molecule has 2 heterocycles. The van der Waals surface area contributed by atoms with Crippen LogP contribution >= 0.6 is 0 Å². The van der Waals surface area contributed by atoms with Crippen molar-refractivity contribution in [2.45, 2.75) is 20.0 Å². The number of imidazole rings is 1. The molecular formula is C18H16N2O. The third kappa shape index (κ3) is 1.85. The van der Waals surface area contributed by atoms with Gasteiger partial charge in [0.05, 0.1) is 5.69 Å². The van der Waals surface area contributed by atoms with E-state index in [2.05, 4.69) is 40.6 Å². The molecule has 0 amide bonds. The minimum atomic E-state index is -0.0373. The molecule has 0 radical (unpaired) electrons. The zero-order chi connectivity index (χ0) is 14.4. The van der Waals surface area contributed by atoms with Gasteiger partial charge in [0.2, 0.25) is 0 Å². The lowest BCUT2D eigenvalue weighted by Gasteiger charge is -2.14. The van der Waals surface area contributed by atoms with E-state index in [1.807, 2.05) is 37.4 Å². The second-order valence-electron chi connectivity index (χ2n) is 5.38. The van der Waals surface area contributed by atoms with E-state index in [0.717, 1.165) is 22.8 Å². The average molecular weight is 276 g/mol. The van der Waals surface area contributed by atoms with Gasteiger partial charge in [-0.1, -0.05) is 30.3 Å². The van der Waals surface area contributed by atoms with Crippen LogP contribution in [0.5, 0.6) is 5.75 Å². The van der Waals surface area contributed by atoms with Crippen LogP contribution in [0.1, 0.15) is 28.6 Å². The van der Waals surface area contributed by atoms with E-state index in [1.54, 1.807) is 0 Å². The molecule has 0 spiro atoms. The molecule has 1 aromatic carbocycles. The molecule has 0 aliphatic heterocycles. The fraction of sp³-hybridized carbons (Fsp3) is 0.167. The minimum Gasteiger partial charge on any atom is -0.478 e. The van der Waals surface area contributed by atoms with Crippen molar-refractivity contribution in [3.05, 3.63) is 71.2 Å². The molecule has 3 aromatic rings. The van der Waals surface area contributed by atoms with Gasteiger partial charge in [-0.3, -0.25) is 0 Å². The summed E-state index contributed by atoms with van der Waals surface area (Å²) in [6.07, 6.45) is 6.19. The number of nitrogens with zero attached hydrogens (tertiary/aromatic N) is 2. The number of pyridine rings is 1. The van der Waals surface area contributed by atoms with Crippen LogP contribution in [-0.4, -0.2) is 9.38 Å². The van der Waals surface area contributed by atoms with Gasteiger partial charge in [-0.2, -0.15) is 0 Å². The fourth-order valence-corrected chi connectivity index (χ4v) is 2.82. The maximum atomic E-state index is 6.21. The standard InChI is InChI=1S/C18H16N2O/c1-12-13(2)20-11-5-8-17(18(20)19-12)21-16-10-9-14-6-3-4-7-15(14)16/h3-11,16H,1-2H3. The smallest absolute Gasteiger partial charge is 0.180 e. The van der Waals surface area contributed by atoms with E-state index >= 15 is 0 Å². The summed E-state index contributed by atoms with van der Waals surface area (Å²) in [5.74, 6) is 0.819. The van der Waals surface area contributed by atoms with E-state index in [-0.39, 0.29) is 6.10 Å². The minimum absolute atomic E-state index is 0.0373. The summed E-state index contributed by atoms with van der Waals surface area (Å²) in [6.45, 7) is 4.10. The van der Waals surface area contributed by atoms with E-state index in [4.69, 9.17) is 4.74 Å². The van der Waals surface area contributed by atoms with Gasteiger partial charge in [-0.15, -0.1) is 0 Å². The molecule has 104 valence electrons. The number of benzene rings is 1. The maximum absolute atomic E-state index is 6.21. The molecule has 1 aliphatic carbocycles. The van der Waals surface area contributed by atoms with Gasteiger partial charge in [0, 0.05) is 17.5 Å². The first-order valence-corrected chi connectivity index (χ1v) is 7.12. The highest BCUT2D eigenvalue weighted by Crippen LogP contribution is 2.33. The molecule has 0 saturated heterocycles. The molecule has 1 atom stereocenters. The lowest BCUT2D eigenvalue weighted by molar-refractivity contribution is 0.260. The SMILES string of the molecule is Cc1nc2c(OC3C=Cc4ccccc43)cccn2c1C. The predicted octanol–water partition coefficient (Wildman–Crippen LogP) is 4.10. The lowest BCUT2D eigenvalue weighted by atomic mass is 10.1. The summed E-state index contributed by atoms with van der Waals surface area (Å²) < 4.78 is 8.29. The Kier molecular flexibility index (Phi) is 2.61. The van der Waals surface area contributed by atoms with Crippen LogP contribution in [-0.2, 0) is 0 Å². The van der Waals surface area contributed by atoms with Gasteiger partial charge in [-0.05, 0) is 37.6 Å². The molecule has 3 heteroatoms. The molecule has 0 bridgehead atoms. The Morgan fingerprint density at radius 3 is 2.86 bits per heavy atom. The molecule has 2 aromatic heterocycles. The fourth-order valence-electron chi connectivity index (χ4n) is 2.82. The summed E-state index contributed by atoms with van der Waals surface area (Å²) in [6, 6.07) is 12.3. The van der Waals surface area contributed by atoms with Crippen molar-refractivity contribution in [1.29, 1.82) is 0 Å². The number of fused-ring (bicyclic) bond motifs is 2. The quantitative estimate of drug-likeness (QED) is 0.704. The Morgan fingerprint density at radius 2 is 1.95 bits per heavy atom. The summed E-state index contributed by atoms with van der Waals surface area (Å²) in [5, 5.41) is 0. The third-order valence-corrected chi connectivity index (χ3v) is 4.10. The molecular weight excluding hydrogens is 260 g/mol. The highest BCUT2D eigenvalue weighted by molar-refractivity contribution is 5.63. The van der Waals surface area contributed by atoms with Crippen LogP contribution in [0.4, 0.5) is 0 Å². The van der Waals surface area contributed by atoms with Crippen LogP contribution in [0.2, 0.25) is 0 Å². The van der Waals surface area contributed by atoms with Gasteiger partial charge in [0.25, 0.3) is 0 Å². The summed E-state index contributed by atoms with van der Waals surface area (Å²) in [5.41, 5.74) is 5.50. The highest BCUT2D eigenvalue weighted by Gasteiger charge is 2.20.